The Morgan fingerprint density at radius 2 is 2.00 bits per heavy atom. The zero-order valence-corrected chi connectivity index (χ0v) is 10.7. The van der Waals surface area contributed by atoms with E-state index in [1.54, 1.807) is 13.8 Å². The summed E-state index contributed by atoms with van der Waals surface area (Å²) in [7, 11) is -4.29. The van der Waals surface area contributed by atoms with Gasteiger partial charge in [0.15, 0.2) is 0 Å². The van der Waals surface area contributed by atoms with Crippen LogP contribution in [0.25, 0.3) is 0 Å². The smallest absolute Gasteiger partial charge is 0.282 e. The highest BCUT2D eigenvalue weighted by Gasteiger charge is 2.25. The number of rotatable bonds is 2. The van der Waals surface area contributed by atoms with Crippen LogP contribution >= 0.6 is 0 Å². The van der Waals surface area contributed by atoms with E-state index in [1.807, 2.05) is 0 Å². The number of hydrazone groups is 1. The minimum Gasteiger partial charge on any atom is -0.282 e. The Morgan fingerprint density at radius 3 is 2.50 bits per heavy atom. The van der Waals surface area contributed by atoms with Crippen LogP contribution in [0, 0.1) is 6.92 Å². The van der Waals surface area contributed by atoms with E-state index in [9.17, 15) is 13.2 Å². The molecule has 0 radical (unpaired) electrons. The maximum Gasteiger partial charge on any atom is 0.294 e. The molecule has 1 aliphatic rings. The molecule has 0 unspecified atom stereocenters. The Kier molecular flexibility index (Phi) is 2.95. The van der Waals surface area contributed by atoms with E-state index in [0.29, 0.717) is 17.0 Å². The molecule has 1 aromatic rings. The predicted octanol–water partition coefficient (Wildman–Crippen LogP) is 1.35. The summed E-state index contributed by atoms with van der Waals surface area (Å²) in [5, 5.41) is 5.21. The summed E-state index contributed by atoms with van der Waals surface area (Å²) in [5.74, 6) is -0.219. The molecule has 1 N–H and O–H groups in total. The summed E-state index contributed by atoms with van der Waals surface area (Å²) in [6.07, 6.45) is 0.218. The quantitative estimate of drug-likeness (QED) is 0.820. The lowest BCUT2D eigenvalue weighted by Crippen LogP contribution is -2.20. The molecular weight excluding hydrogens is 256 g/mol. The van der Waals surface area contributed by atoms with Crippen molar-refractivity contribution in [1.29, 1.82) is 0 Å². The molecule has 1 aromatic carbocycles. The van der Waals surface area contributed by atoms with Crippen molar-refractivity contribution in [2.45, 2.75) is 25.2 Å². The molecule has 0 saturated carbocycles. The number of nitrogens with zero attached hydrogens (tertiary/aromatic N) is 2. The summed E-state index contributed by atoms with van der Waals surface area (Å²) < 4.78 is 31.1. The van der Waals surface area contributed by atoms with Crippen LogP contribution in [0.5, 0.6) is 0 Å². The summed E-state index contributed by atoms with van der Waals surface area (Å²) >= 11 is 0. The molecule has 0 atom stereocenters. The van der Waals surface area contributed by atoms with Gasteiger partial charge in [0.1, 0.15) is 0 Å². The standard InChI is InChI=1S/C11H12N2O4S/c1-7-3-4-9(18(15,16)17)6-10(7)13-11(14)5-8(2)12-13/h3-4,6H,5H2,1-2H3,(H,15,16,17). The number of aryl methyl sites for hydroxylation is 1. The zero-order valence-electron chi connectivity index (χ0n) is 9.91. The lowest BCUT2D eigenvalue weighted by molar-refractivity contribution is -0.116. The van der Waals surface area contributed by atoms with Crippen molar-refractivity contribution in [3.05, 3.63) is 23.8 Å². The molecule has 0 bridgehead atoms. The fourth-order valence-electron chi connectivity index (χ4n) is 1.72. The molecule has 0 fully saturated rings. The average molecular weight is 268 g/mol. The van der Waals surface area contributed by atoms with Crippen LogP contribution < -0.4 is 5.01 Å². The first-order valence-electron chi connectivity index (χ1n) is 5.24. The van der Waals surface area contributed by atoms with Gasteiger partial charge in [0, 0.05) is 5.71 Å². The molecule has 0 saturated heterocycles. The lowest BCUT2D eigenvalue weighted by Gasteiger charge is -2.15. The Labute approximate surface area is 105 Å². The maximum absolute atomic E-state index is 11.7. The second kappa shape index (κ2) is 4.18. The molecular formula is C11H12N2O4S. The van der Waals surface area contributed by atoms with Gasteiger partial charge >= 0.3 is 0 Å². The van der Waals surface area contributed by atoms with Crippen molar-refractivity contribution in [3.8, 4) is 0 Å². The van der Waals surface area contributed by atoms with Gasteiger partial charge in [-0.1, -0.05) is 6.07 Å². The molecule has 7 heteroatoms. The third-order valence-electron chi connectivity index (χ3n) is 2.62. The largest absolute Gasteiger partial charge is 0.294 e. The van der Waals surface area contributed by atoms with E-state index < -0.39 is 10.1 Å². The molecule has 0 aromatic heterocycles. The van der Waals surface area contributed by atoms with Gasteiger partial charge in [-0.15, -0.1) is 0 Å². The van der Waals surface area contributed by atoms with Crippen LogP contribution in [0.15, 0.2) is 28.2 Å². The van der Waals surface area contributed by atoms with Crippen molar-refractivity contribution in [3.63, 3.8) is 0 Å². The van der Waals surface area contributed by atoms with E-state index in [-0.39, 0.29) is 17.2 Å². The average Bonchev–Trinajstić information content (AvgIpc) is 2.56. The predicted molar refractivity (Wildman–Crippen MR) is 66.2 cm³/mol. The Hall–Kier alpha value is -1.73. The molecule has 0 spiro atoms. The summed E-state index contributed by atoms with van der Waals surface area (Å²) in [5.41, 5.74) is 1.73. The molecule has 1 amide bonds. The van der Waals surface area contributed by atoms with Gasteiger partial charge < -0.3 is 0 Å². The highest BCUT2D eigenvalue weighted by molar-refractivity contribution is 7.85. The normalized spacial score (nSPS) is 16.1. The SMILES string of the molecule is CC1=NN(c2cc(S(=O)(=O)O)ccc2C)C(=O)C1. The fraction of sp³-hybridized carbons (Fsp3) is 0.273. The minimum atomic E-state index is -4.29. The van der Waals surface area contributed by atoms with Gasteiger partial charge in [-0.25, -0.2) is 5.01 Å². The molecule has 1 aliphatic heterocycles. The number of amides is 1. The second-order valence-corrected chi connectivity index (χ2v) is 5.56. The molecule has 96 valence electrons. The van der Waals surface area contributed by atoms with Crippen molar-refractivity contribution in [2.75, 3.05) is 5.01 Å². The molecule has 2 rings (SSSR count). The third kappa shape index (κ3) is 2.27. The van der Waals surface area contributed by atoms with Crippen molar-refractivity contribution < 1.29 is 17.8 Å². The fourth-order valence-corrected chi connectivity index (χ4v) is 2.22. The maximum atomic E-state index is 11.7. The highest BCUT2D eigenvalue weighted by Crippen LogP contribution is 2.27. The third-order valence-corrected chi connectivity index (χ3v) is 3.47. The van der Waals surface area contributed by atoms with Crippen LogP contribution in [0.2, 0.25) is 0 Å². The van der Waals surface area contributed by atoms with Crippen LogP contribution in [0.1, 0.15) is 18.9 Å². The second-order valence-electron chi connectivity index (χ2n) is 4.14. The van der Waals surface area contributed by atoms with E-state index in [4.69, 9.17) is 4.55 Å². The lowest BCUT2D eigenvalue weighted by atomic mass is 10.2. The van der Waals surface area contributed by atoms with Gasteiger partial charge in [0.25, 0.3) is 16.0 Å². The van der Waals surface area contributed by atoms with E-state index in [0.717, 1.165) is 0 Å². The first kappa shape index (κ1) is 12.7. The van der Waals surface area contributed by atoms with Crippen LogP contribution in [-0.4, -0.2) is 24.6 Å². The number of carbonyl (C=O) groups excluding carboxylic acids is 1. The number of benzene rings is 1. The Bertz CT molecular complexity index is 649. The number of hydrogen-bond acceptors (Lipinski definition) is 4. The topological polar surface area (TPSA) is 87.0 Å². The first-order valence-corrected chi connectivity index (χ1v) is 6.68. The van der Waals surface area contributed by atoms with Gasteiger partial charge in [-0.05, 0) is 31.5 Å². The molecule has 0 aliphatic carbocycles. The minimum absolute atomic E-state index is 0.218. The Morgan fingerprint density at radius 1 is 1.33 bits per heavy atom. The van der Waals surface area contributed by atoms with Crippen molar-refractivity contribution in [2.24, 2.45) is 5.10 Å². The van der Waals surface area contributed by atoms with E-state index in [2.05, 4.69) is 5.10 Å². The molecule has 6 nitrogen and oxygen atoms in total. The monoisotopic (exact) mass is 268 g/mol. The van der Waals surface area contributed by atoms with Gasteiger partial charge in [0.05, 0.1) is 17.0 Å². The first-order chi connectivity index (χ1) is 8.29. The van der Waals surface area contributed by atoms with Gasteiger partial charge in [-0.3, -0.25) is 9.35 Å². The zero-order chi connectivity index (χ0) is 13.5. The van der Waals surface area contributed by atoms with Crippen molar-refractivity contribution >= 4 is 27.4 Å². The van der Waals surface area contributed by atoms with Crippen LogP contribution in [0.4, 0.5) is 5.69 Å². The Balaban J connectivity index is 2.55. The number of carbonyl (C=O) groups is 1. The summed E-state index contributed by atoms with van der Waals surface area (Å²) in [6, 6.07) is 4.05. The summed E-state index contributed by atoms with van der Waals surface area (Å²) in [4.78, 5) is 11.4. The van der Waals surface area contributed by atoms with E-state index >= 15 is 0 Å². The van der Waals surface area contributed by atoms with Crippen molar-refractivity contribution in [1.82, 2.24) is 0 Å². The van der Waals surface area contributed by atoms with E-state index in [1.165, 1.54) is 23.2 Å². The number of anilines is 1. The molecule has 1 heterocycles. The molecule has 18 heavy (non-hydrogen) atoms. The van der Waals surface area contributed by atoms with Crippen LogP contribution in [-0.2, 0) is 14.9 Å². The van der Waals surface area contributed by atoms with Gasteiger partial charge in [0.2, 0.25) is 0 Å². The summed E-state index contributed by atoms with van der Waals surface area (Å²) in [6.45, 7) is 3.46. The van der Waals surface area contributed by atoms with Crippen LogP contribution in [0.3, 0.4) is 0 Å². The number of hydrogen-bond donors (Lipinski definition) is 1. The highest BCUT2D eigenvalue weighted by atomic mass is 32.2. The van der Waals surface area contributed by atoms with Gasteiger partial charge in [-0.2, -0.15) is 13.5 Å².